The van der Waals surface area contributed by atoms with Crippen molar-refractivity contribution >= 4 is 23.5 Å². The molecule has 160 valence electrons. The Morgan fingerprint density at radius 3 is 2.00 bits per heavy atom. The van der Waals surface area contributed by atoms with Crippen LogP contribution >= 0.6 is 0 Å². The first-order chi connectivity index (χ1) is 13.8. The summed E-state index contributed by atoms with van der Waals surface area (Å²) in [5, 5.41) is 0. The second-order valence-electron chi connectivity index (χ2n) is 9.44. The summed E-state index contributed by atoms with van der Waals surface area (Å²) in [5.41, 5.74) is -3.37. The normalized spacial score (nSPS) is 21.3. The van der Waals surface area contributed by atoms with Gasteiger partial charge in [0, 0.05) is 16.7 Å². The first kappa shape index (κ1) is 21.9. The molecule has 1 aliphatic heterocycles. The van der Waals surface area contributed by atoms with Gasteiger partial charge in [0.2, 0.25) is 5.60 Å². The summed E-state index contributed by atoms with van der Waals surface area (Å²) in [6.45, 7) is 9.80. The lowest BCUT2D eigenvalue weighted by atomic mass is 9.77. The first-order valence-electron chi connectivity index (χ1n) is 9.76. The fourth-order valence-corrected chi connectivity index (χ4v) is 3.57. The Hall–Kier alpha value is -2.80. The van der Waals surface area contributed by atoms with Crippen LogP contribution < -0.4 is 0 Å². The number of hydrogen-bond acceptors (Lipinski definition) is 7. The zero-order valence-corrected chi connectivity index (χ0v) is 18.1. The monoisotopic (exact) mass is 414 g/mol. The molecular formula is C23H26O7. The van der Waals surface area contributed by atoms with E-state index in [9.17, 15) is 19.2 Å². The van der Waals surface area contributed by atoms with Gasteiger partial charge in [-0.2, -0.15) is 0 Å². The maximum atomic E-state index is 13.3. The molecule has 3 rings (SSSR count). The molecular weight excluding hydrogens is 388 g/mol. The number of ketones is 2. The van der Waals surface area contributed by atoms with Crippen LogP contribution in [0.25, 0.3) is 0 Å². The number of benzene rings is 1. The standard InChI is InChI=1S/C23H26O7/c1-21(2,3)29-16(24)11-23(20(27)30-22(4,5)6)17-15(12-28-23)18(25)13-9-7-8-10-14(13)19(17)26/h7-10H,11-12H2,1-6H3. The Morgan fingerprint density at radius 2 is 1.47 bits per heavy atom. The lowest BCUT2D eigenvalue weighted by molar-refractivity contribution is -0.183. The number of carbonyl (C=O) groups is 4. The van der Waals surface area contributed by atoms with E-state index in [1.807, 2.05) is 0 Å². The highest BCUT2D eigenvalue weighted by Crippen LogP contribution is 2.43. The SMILES string of the molecule is CC(C)(C)OC(=O)CC1(C(=O)OC(C)(C)C)OCC2=C1C(=O)c1ccccc1C2=O. The van der Waals surface area contributed by atoms with E-state index in [0.717, 1.165) is 0 Å². The summed E-state index contributed by atoms with van der Waals surface area (Å²) in [5.74, 6) is -2.55. The highest BCUT2D eigenvalue weighted by molar-refractivity contribution is 6.30. The van der Waals surface area contributed by atoms with Crippen molar-refractivity contribution < 1.29 is 33.4 Å². The molecule has 0 amide bonds. The van der Waals surface area contributed by atoms with Gasteiger partial charge in [-0.3, -0.25) is 14.4 Å². The van der Waals surface area contributed by atoms with Crippen LogP contribution in [0.5, 0.6) is 0 Å². The van der Waals surface area contributed by atoms with Crippen LogP contribution in [0.15, 0.2) is 35.4 Å². The highest BCUT2D eigenvalue weighted by Gasteiger charge is 2.58. The average Bonchev–Trinajstić information content (AvgIpc) is 2.97. The van der Waals surface area contributed by atoms with Crippen molar-refractivity contribution in [2.24, 2.45) is 0 Å². The third kappa shape index (κ3) is 3.94. The van der Waals surface area contributed by atoms with E-state index in [1.54, 1.807) is 59.7 Å². The van der Waals surface area contributed by atoms with Gasteiger partial charge in [-0.25, -0.2) is 4.79 Å². The summed E-state index contributed by atoms with van der Waals surface area (Å²) in [7, 11) is 0. The molecule has 0 aromatic heterocycles. The van der Waals surface area contributed by atoms with Crippen LogP contribution in [-0.4, -0.2) is 46.9 Å². The van der Waals surface area contributed by atoms with Crippen molar-refractivity contribution in [2.45, 2.75) is 64.8 Å². The zero-order valence-electron chi connectivity index (χ0n) is 18.1. The molecule has 7 heteroatoms. The van der Waals surface area contributed by atoms with E-state index in [1.165, 1.54) is 6.07 Å². The number of esters is 2. The average molecular weight is 414 g/mol. The highest BCUT2D eigenvalue weighted by atomic mass is 16.6. The topological polar surface area (TPSA) is 96.0 Å². The van der Waals surface area contributed by atoms with Gasteiger partial charge in [0.25, 0.3) is 0 Å². The molecule has 7 nitrogen and oxygen atoms in total. The smallest absolute Gasteiger partial charge is 0.344 e. The minimum absolute atomic E-state index is 0.0770. The lowest BCUT2D eigenvalue weighted by Crippen LogP contribution is -2.49. The molecule has 1 atom stereocenters. The van der Waals surface area contributed by atoms with Gasteiger partial charge < -0.3 is 14.2 Å². The van der Waals surface area contributed by atoms with Crippen LogP contribution in [0.1, 0.15) is 68.7 Å². The van der Waals surface area contributed by atoms with Gasteiger partial charge in [-0.1, -0.05) is 24.3 Å². The molecule has 0 fully saturated rings. The summed E-state index contributed by atoms with van der Waals surface area (Å²) in [4.78, 5) is 52.3. The molecule has 1 unspecified atom stereocenters. The molecule has 0 saturated heterocycles. The Kier molecular flexibility index (Phi) is 5.23. The Bertz CT molecular complexity index is 972. The predicted molar refractivity (Wildman–Crippen MR) is 107 cm³/mol. The second kappa shape index (κ2) is 7.16. The van der Waals surface area contributed by atoms with Gasteiger partial charge in [0.1, 0.15) is 11.2 Å². The Labute approximate surface area is 175 Å². The van der Waals surface area contributed by atoms with E-state index >= 15 is 0 Å². The summed E-state index contributed by atoms with van der Waals surface area (Å²) >= 11 is 0. The third-order valence-corrected chi connectivity index (χ3v) is 4.63. The zero-order chi connectivity index (χ0) is 22.5. The van der Waals surface area contributed by atoms with Crippen LogP contribution in [-0.2, 0) is 23.8 Å². The maximum absolute atomic E-state index is 13.3. The molecule has 0 saturated carbocycles. The van der Waals surface area contributed by atoms with E-state index in [0.29, 0.717) is 0 Å². The molecule has 30 heavy (non-hydrogen) atoms. The molecule has 0 bridgehead atoms. The minimum atomic E-state index is -2.04. The fourth-order valence-electron chi connectivity index (χ4n) is 3.57. The van der Waals surface area contributed by atoms with Gasteiger partial charge >= 0.3 is 11.9 Å². The van der Waals surface area contributed by atoms with Crippen molar-refractivity contribution in [2.75, 3.05) is 6.61 Å². The third-order valence-electron chi connectivity index (χ3n) is 4.63. The molecule has 1 aromatic rings. The minimum Gasteiger partial charge on any atom is -0.460 e. The van der Waals surface area contributed by atoms with Crippen molar-refractivity contribution in [1.29, 1.82) is 0 Å². The first-order valence-corrected chi connectivity index (χ1v) is 9.76. The Morgan fingerprint density at radius 1 is 0.933 bits per heavy atom. The molecule has 0 N–H and O–H groups in total. The largest absolute Gasteiger partial charge is 0.460 e. The van der Waals surface area contributed by atoms with Crippen LogP contribution in [0.3, 0.4) is 0 Å². The summed E-state index contributed by atoms with van der Waals surface area (Å²) in [6, 6.07) is 6.37. The molecule has 0 radical (unpaired) electrons. The van der Waals surface area contributed by atoms with E-state index in [2.05, 4.69) is 0 Å². The van der Waals surface area contributed by atoms with Crippen molar-refractivity contribution in [3.8, 4) is 0 Å². The number of hydrogen-bond donors (Lipinski definition) is 0. The van der Waals surface area contributed by atoms with Gasteiger partial charge in [0.05, 0.1) is 18.6 Å². The maximum Gasteiger partial charge on any atom is 0.344 e. The van der Waals surface area contributed by atoms with Crippen LogP contribution in [0.2, 0.25) is 0 Å². The van der Waals surface area contributed by atoms with Crippen molar-refractivity contribution in [3.05, 3.63) is 46.5 Å². The van der Waals surface area contributed by atoms with Gasteiger partial charge in [-0.15, -0.1) is 0 Å². The van der Waals surface area contributed by atoms with E-state index < -0.39 is 46.7 Å². The number of Topliss-reactive ketones (excluding diaryl/α,β-unsaturated/α-hetero) is 2. The molecule has 2 aliphatic rings. The van der Waals surface area contributed by atoms with Gasteiger partial charge in [-0.05, 0) is 41.5 Å². The van der Waals surface area contributed by atoms with E-state index in [4.69, 9.17) is 14.2 Å². The van der Waals surface area contributed by atoms with Crippen molar-refractivity contribution in [3.63, 3.8) is 0 Å². The predicted octanol–water partition coefficient (Wildman–Crippen LogP) is 3.20. The number of fused-ring (bicyclic) bond motifs is 1. The Balaban J connectivity index is 2.12. The summed E-state index contributed by atoms with van der Waals surface area (Å²) < 4.78 is 16.6. The molecule has 1 heterocycles. The number of rotatable bonds is 3. The van der Waals surface area contributed by atoms with E-state index in [-0.39, 0.29) is 28.9 Å². The van der Waals surface area contributed by atoms with Crippen LogP contribution in [0.4, 0.5) is 0 Å². The van der Waals surface area contributed by atoms with Crippen molar-refractivity contribution in [1.82, 2.24) is 0 Å². The second-order valence-corrected chi connectivity index (χ2v) is 9.44. The molecule has 1 aromatic carbocycles. The molecule has 0 spiro atoms. The lowest BCUT2D eigenvalue weighted by Gasteiger charge is -2.33. The fraction of sp³-hybridized carbons (Fsp3) is 0.478. The molecule has 1 aliphatic carbocycles. The number of ether oxygens (including phenoxy) is 3. The number of carbonyl (C=O) groups excluding carboxylic acids is 4. The van der Waals surface area contributed by atoms with Crippen LogP contribution in [0, 0.1) is 0 Å². The quantitative estimate of drug-likeness (QED) is 0.701. The summed E-state index contributed by atoms with van der Waals surface area (Å²) in [6.07, 6.45) is -0.570. The van der Waals surface area contributed by atoms with Gasteiger partial charge in [0.15, 0.2) is 11.6 Å².